The SMILES string of the molecule is O=C(c1cc([N+](=O)[O-])ccc1Cl)N(Cc1cccnc1)c1nc2c(Cl)cccc2s1. The molecule has 0 atom stereocenters. The molecule has 7 nitrogen and oxygen atoms in total. The maximum atomic E-state index is 13.4. The zero-order chi connectivity index (χ0) is 21.3. The number of pyridine rings is 1. The quantitative estimate of drug-likeness (QED) is 0.280. The van der Waals surface area contributed by atoms with E-state index in [0.717, 1.165) is 10.3 Å². The number of amides is 1. The number of thiazole rings is 1. The minimum absolute atomic E-state index is 0.0140. The van der Waals surface area contributed by atoms with E-state index in [1.807, 2.05) is 12.1 Å². The van der Waals surface area contributed by atoms with Gasteiger partial charge in [-0.05, 0) is 29.8 Å². The van der Waals surface area contributed by atoms with E-state index in [1.165, 1.54) is 34.4 Å². The van der Waals surface area contributed by atoms with E-state index in [9.17, 15) is 14.9 Å². The minimum atomic E-state index is -0.573. The minimum Gasteiger partial charge on any atom is -0.279 e. The van der Waals surface area contributed by atoms with E-state index in [2.05, 4.69) is 9.97 Å². The predicted molar refractivity (Wildman–Crippen MR) is 117 cm³/mol. The van der Waals surface area contributed by atoms with Gasteiger partial charge in [-0.2, -0.15) is 0 Å². The lowest BCUT2D eigenvalue weighted by molar-refractivity contribution is -0.384. The third-order valence-electron chi connectivity index (χ3n) is 4.29. The number of nitro groups is 1. The van der Waals surface area contributed by atoms with Crippen molar-refractivity contribution in [2.45, 2.75) is 6.54 Å². The maximum Gasteiger partial charge on any atom is 0.270 e. The van der Waals surface area contributed by atoms with Gasteiger partial charge in [0, 0.05) is 24.5 Å². The van der Waals surface area contributed by atoms with Gasteiger partial charge in [-0.15, -0.1) is 0 Å². The number of benzene rings is 2. The van der Waals surface area contributed by atoms with Gasteiger partial charge in [0.25, 0.3) is 11.6 Å². The standard InChI is InChI=1S/C20H12Cl2N4O3S/c21-15-7-6-13(26(28)29)9-14(15)19(27)25(11-12-3-2-8-23-10-12)20-24-18-16(22)4-1-5-17(18)30-20/h1-10H,11H2. The molecule has 2 aromatic carbocycles. The fourth-order valence-electron chi connectivity index (χ4n) is 2.86. The summed E-state index contributed by atoms with van der Waals surface area (Å²) >= 11 is 13.8. The van der Waals surface area contributed by atoms with Crippen molar-refractivity contribution in [3.05, 3.63) is 92.2 Å². The molecule has 0 radical (unpaired) electrons. The smallest absolute Gasteiger partial charge is 0.270 e. The van der Waals surface area contributed by atoms with Gasteiger partial charge < -0.3 is 0 Å². The van der Waals surface area contributed by atoms with Crippen molar-refractivity contribution in [2.24, 2.45) is 0 Å². The van der Waals surface area contributed by atoms with Gasteiger partial charge in [0.05, 0.1) is 31.8 Å². The van der Waals surface area contributed by atoms with Crippen LogP contribution in [-0.2, 0) is 6.54 Å². The number of nitrogens with zero attached hydrogens (tertiary/aromatic N) is 4. The molecule has 0 aliphatic carbocycles. The molecule has 4 rings (SSSR count). The van der Waals surface area contributed by atoms with E-state index >= 15 is 0 Å². The van der Waals surface area contributed by atoms with Crippen molar-refractivity contribution < 1.29 is 9.72 Å². The average molecular weight is 459 g/mol. The molecule has 10 heteroatoms. The Bertz CT molecular complexity index is 1260. The van der Waals surface area contributed by atoms with Crippen molar-refractivity contribution in [2.75, 3.05) is 4.90 Å². The molecule has 0 aliphatic heterocycles. The summed E-state index contributed by atoms with van der Waals surface area (Å²) in [4.78, 5) is 34.1. The molecular weight excluding hydrogens is 447 g/mol. The Balaban J connectivity index is 1.82. The van der Waals surface area contributed by atoms with Gasteiger partial charge in [0.2, 0.25) is 0 Å². The molecule has 0 unspecified atom stereocenters. The first-order valence-electron chi connectivity index (χ1n) is 8.64. The molecule has 30 heavy (non-hydrogen) atoms. The van der Waals surface area contributed by atoms with Crippen LogP contribution in [0.15, 0.2) is 60.9 Å². The normalized spacial score (nSPS) is 10.9. The number of nitro benzene ring substituents is 1. The Morgan fingerprint density at radius 1 is 1.13 bits per heavy atom. The summed E-state index contributed by atoms with van der Waals surface area (Å²) in [5.41, 5.74) is 1.13. The second kappa shape index (κ2) is 8.35. The zero-order valence-corrected chi connectivity index (χ0v) is 17.5. The Morgan fingerprint density at radius 3 is 2.67 bits per heavy atom. The van der Waals surface area contributed by atoms with Crippen LogP contribution in [0.4, 0.5) is 10.8 Å². The first-order chi connectivity index (χ1) is 14.4. The molecule has 0 saturated carbocycles. The average Bonchev–Trinajstić information content (AvgIpc) is 3.18. The van der Waals surface area contributed by atoms with Gasteiger partial charge in [-0.25, -0.2) is 4.98 Å². The number of halogens is 2. The van der Waals surface area contributed by atoms with Crippen LogP contribution in [0.1, 0.15) is 15.9 Å². The molecule has 0 aliphatic rings. The van der Waals surface area contributed by atoms with Gasteiger partial charge >= 0.3 is 0 Å². The van der Waals surface area contributed by atoms with Crippen LogP contribution in [0.5, 0.6) is 0 Å². The topological polar surface area (TPSA) is 89.2 Å². The van der Waals surface area contributed by atoms with Crippen LogP contribution >= 0.6 is 34.5 Å². The fraction of sp³-hybridized carbons (Fsp3) is 0.0500. The number of carbonyl (C=O) groups excluding carboxylic acids is 1. The number of aromatic nitrogens is 2. The predicted octanol–water partition coefficient (Wildman–Crippen LogP) is 5.75. The van der Waals surface area contributed by atoms with Gasteiger partial charge in [0.15, 0.2) is 5.13 Å². The molecule has 150 valence electrons. The Morgan fingerprint density at radius 2 is 1.97 bits per heavy atom. The number of hydrogen-bond donors (Lipinski definition) is 0. The third-order valence-corrected chi connectivity index (χ3v) is 5.97. The summed E-state index contributed by atoms with van der Waals surface area (Å²) < 4.78 is 0.812. The highest BCUT2D eigenvalue weighted by atomic mass is 35.5. The Hall–Kier alpha value is -3.07. The first kappa shape index (κ1) is 20.2. The first-order valence-corrected chi connectivity index (χ1v) is 10.2. The van der Waals surface area contributed by atoms with E-state index in [-0.39, 0.29) is 22.8 Å². The molecule has 0 saturated heterocycles. The second-order valence-electron chi connectivity index (χ2n) is 6.26. The number of carbonyl (C=O) groups is 1. The van der Waals surface area contributed by atoms with Crippen LogP contribution < -0.4 is 4.90 Å². The van der Waals surface area contributed by atoms with Crippen LogP contribution in [0.2, 0.25) is 10.0 Å². The molecule has 0 fully saturated rings. The highest BCUT2D eigenvalue weighted by Gasteiger charge is 2.26. The molecular formula is C20H12Cl2N4O3S. The summed E-state index contributed by atoms with van der Waals surface area (Å²) in [7, 11) is 0. The van der Waals surface area contributed by atoms with Crippen molar-refractivity contribution in [3.63, 3.8) is 0 Å². The lowest BCUT2D eigenvalue weighted by Gasteiger charge is -2.20. The van der Waals surface area contributed by atoms with Gasteiger partial charge in [-0.1, -0.05) is 46.7 Å². The van der Waals surface area contributed by atoms with E-state index < -0.39 is 10.8 Å². The van der Waals surface area contributed by atoms with Crippen molar-refractivity contribution >= 4 is 61.5 Å². The molecule has 0 spiro atoms. The molecule has 0 bridgehead atoms. The molecule has 2 heterocycles. The van der Waals surface area contributed by atoms with Crippen molar-refractivity contribution in [1.82, 2.24) is 9.97 Å². The summed E-state index contributed by atoms with van der Waals surface area (Å²) in [6, 6.07) is 12.7. The fourth-order valence-corrected chi connectivity index (χ4v) is 4.32. The largest absolute Gasteiger partial charge is 0.279 e. The van der Waals surface area contributed by atoms with E-state index in [4.69, 9.17) is 23.2 Å². The summed E-state index contributed by atoms with van der Waals surface area (Å²) in [6.07, 6.45) is 3.26. The number of para-hydroxylation sites is 1. The van der Waals surface area contributed by atoms with Crippen LogP contribution in [-0.4, -0.2) is 20.8 Å². The van der Waals surface area contributed by atoms with Crippen LogP contribution in [0.3, 0.4) is 0 Å². The maximum absolute atomic E-state index is 13.4. The number of fused-ring (bicyclic) bond motifs is 1. The summed E-state index contributed by atoms with van der Waals surface area (Å²) in [6.45, 7) is 0.156. The molecule has 4 aromatic rings. The highest BCUT2D eigenvalue weighted by Crippen LogP contribution is 2.35. The monoisotopic (exact) mass is 458 g/mol. The number of rotatable bonds is 5. The Kier molecular flexibility index (Phi) is 5.63. The second-order valence-corrected chi connectivity index (χ2v) is 8.08. The summed E-state index contributed by atoms with van der Waals surface area (Å²) in [5.74, 6) is -0.511. The third kappa shape index (κ3) is 3.97. The van der Waals surface area contributed by atoms with E-state index in [0.29, 0.717) is 15.7 Å². The highest BCUT2D eigenvalue weighted by molar-refractivity contribution is 7.22. The number of hydrogen-bond acceptors (Lipinski definition) is 6. The van der Waals surface area contributed by atoms with Crippen LogP contribution in [0, 0.1) is 10.1 Å². The van der Waals surface area contributed by atoms with Crippen molar-refractivity contribution in [3.8, 4) is 0 Å². The molecule has 2 aromatic heterocycles. The van der Waals surface area contributed by atoms with Crippen molar-refractivity contribution in [1.29, 1.82) is 0 Å². The number of anilines is 1. The lowest BCUT2D eigenvalue weighted by Crippen LogP contribution is -2.30. The lowest BCUT2D eigenvalue weighted by atomic mass is 10.1. The summed E-state index contributed by atoms with van der Waals surface area (Å²) in [5, 5.41) is 12.2. The van der Waals surface area contributed by atoms with Gasteiger partial charge in [-0.3, -0.25) is 24.8 Å². The number of non-ortho nitro benzene ring substituents is 1. The van der Waals surface area contributed by atoms with E-state index in [1.54, 1.807) is 30.6 Å². The zero-order valence-electron chi connectivity index (χ0n) is 15.2. The van der Waals surface area contributed by atoms with Crippen LogP contribution in [0.25, 0.3) is 10.2 Å². The Labute approximate surface area is 184 Å². The molecule has 1 amide bonds. The van der Waals surface area contributed by atoms with Gasteiger partial charge in [0.1, 0.15) is 5.52 Å². The molecule has 0 N–H and O–H groups in total.